The van der Waals surface area contributed by atoms with Crippen molar-refractivity contribution in [2.24, 2.45) is 5.92 Å². The van der Waals surface area contributed by atoms with Crippen LogP contribution in [0.5, 0.6) is 0 Å². The maximum Gasteiger partial charge on any atom is 0.123 e. The number of hydrogen-bond acceptors (Lipinski definition) is 2. The van der Waals surface area contributed by atoms with Gasteiger partial charge >= 0.3 is 0 Å². The quantitative estimate of drug-likeness (QED) is 0.799. The standard InChI is InChI=1S/C15H20FNO/c1-11-8-13-6-7-17(10-15(13)18-11)9-12-2-4-14(16)5-3-12/h2-5,11,13,15H,6-10H2,1H3/t11-,13-,15+/m1/s1. The van der Waals surface area contributed by atoms with Crippen LogP contribution in [0.2, 0.25) is 0 Å². The largest absolute Gasteiger partial charge is 0.374 e. The molecule has 2 heterocycles. The Labute approximate surface area is 108 Å². The Kier molecular flexibility index (Phi) is 3.35. The molecule has 2 nitrogen and oxygen atoms in total. The minimum atomic E-state index is -0.162. The second-order valence-electron chi connectivity index (χ2n) is 5.63. The molecule has 0 spiro atoms. The zero-order valence-corrected chi connectivity index (χ0v) is 10.8. The molecule has 98 valence electrons. The third kappa shape index (κ3) is 2.57. The van der Waals surface area contributed by atoms with Gasteiger partial charge in [0.25, 0.3) is 0 Å². The van der Waals surface area contributed by atoms with Crippen LogP contribution in [-0.2, 0) is 11.3 Å². The van der Waals surface area contributed by atoms with Gasteiger partial charge in [0.1, 0.15) is 5.82 Å². The summed E-state index contributed by atoms with van der Waals surface area (Å²) in [5, 5.41) is 0. The van der Waals surface area contributed by atoms with Gasteiger partial charge in [0, 0.05) is 13.1 Å². The molecule has 3 atom stereocenters. The number of ether oxygens (including phenoxy) is 1. The second kappa shape index (κ2) is 4.98. The van der Waals surface area contributed by atoms with Crippen molar-refractivity contribution in [2.45, 2.75) is 38.5 Å². The summed E-state index contributed by atoms with van der Waals surface area (Å²) in [6.07, 6.45) is 3.28. The maximum absolute atomic E-state index is 12.9. The normalized spacial score (nSPS) is 32.4. The van der Waals surface area contributed by atoms with Gasteiger partial charge in [-0.05, 0) is 49.9 Å². The number of benzene rings is 1. The number of hydrogen-bond donors (Lipinski definition) is 0. The number of fused-ring (bicyclic) bond motifs is 1. The van der Waals surface area contributed by atoms with Gasteiger partial charge in [-0.3, -0.25) is 4.90 Å². The van der Waals surface area contributed by atoms with Gasteiger partial charge < -0.3 is 4.74 Å². The molecule has 0 saturated carbocycles. The van der Waals surface area contributed by atoms with Gasteiger partial charge in [-0.15, -0.1) is 0 Å². The molecule has 2 aliphatic rings. The van der Waals surface area contributed by atoms with Crippen LogP contribution in [0.25, 0.3) is 0 Å². The molecule has 0 unspecified atom stereocenters. The van der Waals surface area contributed by atoms with Crippen molar-refractivity contribution >= 4 is 0 Å². The highest BCUT2D eigenvalue weighted by Crippen LogP contribution is 2.33. The van der Waals surface area contributed by atoms with Crippen LogP contribution in [-0.4, -0.2) is 30.2 Å². The van der Waals surface area contributed by atoms with E-state index in [1.165, 1.54) is 30.5 Å². The van der Waals surface area contributed by atoms with E-state index in [2.05, 4.69) is 11.8 Å². The number of rotatable bonds is 2. The Morgan fingerprint density at radius 1 is 1.33 bits per heavy atom. The predicted octanol–water partition coefficient (Wildman–Crippen LogP) is 2.83. The van der Waals surface area contributed by atoms with Gasteiger partial charge in [-0.25, -0.2) is 4.39 Å². The van der Waals surface area contributed by atoms with Crippen molar-refractivity contribution in [1.82, 2.24) is 4.90 Å². The minimum Gasteiger partial charge on any atom is -0.374 e. The zero-order valence-electron chi connectivity index (χ0n) is 10.8. The average molecular weight is 249 g/mol. The van der Waals surface area contributed by atoms with Crippen LogP contribution in [0.1, 0.15) is 25.3 Å². The summed E-state index contributed by atoms with van der Waals surface area (Å²) in [7, 11) is 0. The minimum absolute atomic E-state index is 0.162. The van der Waals surface area contributed by atoms with Crippen molar-refractivity contribution in [3.05, 3.63) is 35.6 Å². The summed E-state index contributed by atoms with van der Waals surface area (Å²) in [5.41, 5.74) is 1.18. The van der Waals surface area contributed by atoms with Gasteiger partial charge in [-0.1, -0.05) is 12.1 Å². The van der Waals surface area contributed by atoms with Crippen LogP contribution in [0.4, 0.5) is 4.39 Å². The first-order valence-corrected chi connectivity index (χ1v) is 6.83. The highest BCUT2D eigenvalue weighted by Gasteiger charge is 2.37. The molecule has 2 aliphatic heterocycles. The van der Waals surface area contributed by atoms with Gasteiger partial charge in [-0.2, -0.15) is 0 Å². The van der Waals surface area contributed by atoms with E-state index >= 15 is 0 Å². The van der Waals surface area contributed by atoms with Crippen LogP contribution in [0.3, 0.4) is 0 Å². The lowest BCUT2D eigenvalue weighted by Crippen LogP contribution is -2.41. The zero-order chi connectivity index (χ0) is 12.5. The first-order chi connectivity index (χ1) is 8.70. The molecule has 0 N–H and O–H groups in total. The van der Waals surface area contributed by atoms with Crippen molar-refractivity contribution in [3.8, 4) is 0 Å². The number of piperidine rings is 1. The molecule has 0 amide bonds. The SMILES string of the molecule is C[C@@H]1C[C@H]2CCN(Cc3ccc(F)cc3)C[C@@H]2O1. The highest BCUT2D eigenvalue weighted by atomic mass is 19.1. The number of nitrogens with zero attached hydrogens (tertiary/aromatic N) is 1. The smallest absolute Gasteiger partial charge is 0.123 e. The monoisotopic (exact) mass is 249 g/mol. The number of likely N-dealkylation sites (tertiary alicyclic amines) is 1. The van der Waals surface area contributed by atoms with E-state index in [1.54, 1.807) is 0 Å². The molecule has 2 fully saturated rings. The summed E-state index contributed by atoms with van der Waals surface area (Å²) in [6, 6.07) is 6.82. The molecule has 0 aliphatic carbocycles. The fraction of sp³-hybridized carbons (Fsp3) is 0.600. The highest BCUT2D eigenvalue weighted by molar-refractivity contribution is 5.16. The van der Waals surface area contributed by atoms with E-state index in [4.69, 9.17) is 4.74 Å². The first-order valence-electron chi connectivity index (χ1n) is 6.83. The molecule has 18 heavy (non-hydrogen) atoms. The molecule has 3 heteroatoms. The summed E-state index contributed by atoms with van der Waals surface area (Å²) in [4.78, 5) is 2.42. The molecule has 3 rings (SSSR count). The van der Waals surface area contributed by atoms with E-state index in [0.717, 1.165) is 25.6 Å². The molecular formula is C15H20FNO. The Morgan fingerprint density at radius 2 is 2.11 bits per heavy atom. The summed E-state index contributed by atoms with van der Waals surface area (Å²) in [6.45, 7) is 5.23. The van der Waals surface area contributed by atoms with Gasteiger partial charge in [0.05, 0.1) is 12.2 Å². The molecule has 0 aromatic heterocycles. The van der Waals surface area contributed by atoms with Crippen molar-refractivity contribution in [1.29, 1.82) is 0 Å². The van der Waals surface area contributed by atoms with Crippen molar-refractivity contribution in [3.63, 3.8) is 0 Å². The third-order valence-electron chi connectivity index (χ3n) is 4.14. The van der Waals surface area contributed by atoms with E-state index in [9.17, 15) is 4.39 Å². The van der Waals surface area contributed by atoms with Crippen LogP contribution in [0.15, 0.2) is 24.3 Å². The molecule has 1 aromatic carbocycles. The number of halogens is 1. The van der Waals surface area contributed by atoms with E-state index < -0.39 is 0 Å². The fourth-order valence-corrected chi connectivity index (χ4v) is 3.22. The molecule has 0 bridgehead atoms. The lowest BCUT2D eigenvalue weighted by atomic mass is 9.92. The molecule has 2 saturated heterocycles. The summed E-state index contributed by atoms with van der Waals surface area (Å²) >= 11 is 0. The van der Waals surface area contributed by atoms with Crippen LogP contribution in [0, 0.1) is 11.7 Å². The average Bonchev–Trinajstić information content (AvgIpc) is 2.71. The topological polar surface area (TPSA) is 12.5 Å². The molecule has 0 radical (unpaired) electrons. The fourth-order valence-electron chi connectivity index (χ4n) is 3.22. The lowest BCUT2D eigenvalue weighted by molar-refractivity contribution is -0.00276. The lowest BCUT2D eigenvalue weighted by Gasteiger charge is -2.34. The Balaban J connectivity index is 1.60. The maximum atomic E-state index is 12.9. The Bertz CT molecular complexity index is 405. The Hall–Kier alpha value is -0.930. The Morgan fingerprint density at radius 3 is 2.89 bits per heavy atom. The first kappa shape index (κ1) is 12.1. The third-order valence-corrected chi connectivity index (χ3v) is 4.14. The van der Waals surface area contributed by atoms with Crippen LogP contribution < -0.4 is 0 Å². The molecule has 1 aromatic rings. The van der Waals surface area contributed by atoms with Crippen LogP contribution >= 0.6 is 0 Å². The van der Waals surface area contributed by atoms with Crippen molar-refractivity contribution < 1.29 is 9.13 Å². The van der Waals surface area contributed by atoms with E-state index in [-0.39, 0.29) is 5.82 Å². The van der Waals surface area contributed by atoms with Gasteiger partial charge in [0.15, 0.2) is 0 Å². The van der Waals surface area contributed by atoms with Gasteiger partial charge in [0.2, 0.25) is 0 Å². The summed E-state index contributed by atoms with van der Waals surface area (Å²) < 4.78 is 18.8. The van der Waals surface area contributed by atoms with Crippen molar-refractivity contribution in [2.75, 3.05) is 13.1 Å². The second-order valence-corrected chi connectivity index (χ2v) is 5.63. The predicted molar refractivity (Wildman–Crippen MR) is 68.7 cm³/mol. The van der Waals surface area contributed by atoms with E-state index in [0.29, 0.717) is 12.2 Å². The molecular weight excluding hydrogens is 229 g/mol. The summed E-state index contributed by atoms with van der Waals surface area (Å²) in [5.74, 6) is 0.592. The van der Waals surface area contributed by atoms with E-state index in [1.807, 2.05) is 12.1 Å².